The van der Waals surface area contributed by atoms with Gasteiger partial charge in [-0.25, -0.2) is 13.5 Å². The Hall–Kier alpha value is -3.46. The van der Waals surface area contributed by atoms with Crippen LogP contribution in [0.25, 0.3) is 5.69 Å². The summed E-state index contributed by atoms with van der Waals surface area (Å²) < 4.78 is 29.2. The van der Waals surface area contributed by atoms with Crippen molar-refractivity contribution in [1.82, 2.24) is 15.1 Å². The molecule has 1 atom stereocenters. The van der Waals surface area contributed by atoms with E-state index in [1.54, 1.807) is 24.3 Å². The zero-order valence-electron chi connectivity index (χ0n) is 14.7. The Morgan fingerprint density at radius 1 is 1.14 bits per heavy atom. The molecule has 0 aliphatic rings. The molecule has 1 aromatic heterocycles. The van der Waals surface area contributed by atoms with Gasteiger partial charge in [-0.05, 0) is 36.4 Å². The second kappa shape index (κ2) is 8.27. The van der Waals surface area contributed by atoms with Gasteiger partial charge in [0.2, 0.25) is 0 Å². The van der Waals surface area contributed by atoms with Crippen molar-refractivity contribution in [2.75, 3.05) is 0 Å². The molecule has 0 aliphatic heterocycles. The summed E-state index contributed by atoms with van der Waals surface area (Å²) >= 11 is 5.81. The van der Waals surface area contributed by atoms with Crippen molar-refractivity contribution in [3.63, 3.8) is 0 Å². The molecule has 0 unspecified atom stereocenters. The highest BCUT2D eigenvalue weighted by molar-refractivity contribution is 6.30. The zero-order chi connectivity index (χ0) is 21.1. The van der Waals surface area contributed by atoms with Gasteiger partial charge in [-0.1, -0.05) is 17.7 Å². The number of carboxylic acids is 1. The third-order valence-electron chi connectivity index (χ3n) is 4.08. The second-order valence-corrected chi connectivity index (χ2v) is 6.52. The van der Waals surface area contributed by atoms with Crippen LogP contribution in [0.1, 0.15) is 28.5 Å². The molecule has 0 saturated carbocycles. The zero-order valence-corrected chi connectivity index (χ0v) is 15.4. The van der Waals surface area contributed by atoms with E-state index >= 15 is 0 Å². The number of aliphatic carboxylic acids is 1. The molecule has 2 aromatic carbocycles. The highest BCUT2D eigenvalue weighted by Crippen LogP contribution is 2.24. The van der Waals surface area contributed by atoms with Crippen molar-refractivity contribution >= 4 is 23.5 Å². The molecule has 7 nitrogen and oxygen atoms in total. The van der Waals surface area contributed by atoms with Crippen LogP contribution in [0.3, 0.4) is 0 Å². The van der Waals surface area contributed by atoms with Gasteiger partial charge in [0.25, 0.3) is 11.5 Å². The van der Waals surface area contributed by atoms with Gasteiger partial charge in [0.15, 0.2) is 0 Å². The van der Waals surface area contributed by atoms with E-state index < -0.39 is 47.1 Å². The minimum Gasteiger partial charge on any atom is -0.481 e. The normalized spacial score (nSPS) is 11.8. The Labute approximate surface area is 167 Å². The molecule has 0 bridgehead atoms. The predicted molar refractivity (Wildman–Crippen MR) is 100 cm³/mol. The van der Waals surface area contributed by atoms with Gasteiger partial charge in [-0.15, -0.1) is 0 Å². The van der Waals surface area contributed by atoms with Crippen LogP contribution >= 0.6 is 11.6 Å². The molecule has 0 saturated heterocycles. The summed E-state index contributed by atoms with van der Waals surface area (Å²) in [6, 6.07) is 8.73. The minimum absolute atomic E-state index is 0.211. The lowest BCUT2D eigenvalue weighted by atomic mass is 10.0. The Morgan fingerprint density at radius 2 is 1.76 bits per heavy atom. The summed E-state index contributed by atoms with van der Waals surface area (Å²) in [5, 5.41) is 14.3. The van der Waals surface area contributed by atoms with E-state index in [4.69, 9.17) is 16.7 Å². The smallest absolute Gasteiger partial charge is 0.305 e. The highest BCUT2D eigenvalue weighted by atomic mass is 35.5. The van der Waals surface area contributed by atoms with Crippen LogP contribution < -0.4 is 10.9 Å². The molecule has 1 heterocycles. The number of hydrogen-bond donors (Lipinski definition) is 3. The van der Waals surface area contributed by atoms with Crippen LogP contribution in [0.2, 0.25) is 5.02 Å². The number of aromatic nitrogens is 2. The number of amides is 1. The number of carbonyl (C=O) groups excluding carboxylic acids is 1. The molecule has 1 amide bonds. The van der Waals surface area contributed by atoms with Crippen molar-refractivity contribution in [1.29, 1.82) is 0 Å². The van der Waals surface area contributed by atoms with Crippen LogP contribution in [0.5, 0.6) is 0 Å². The topological polar surface area (TPSA) is 104 Å². The summed E-state index contributed by atoms with van der Waals surface area (Å²) in [6.45, 7) is 0. The van der Waals surface area contributed by atoms with Crippen LogP contribution in [-0.2, 0) is 4.79 Å². The van der Waals surface area contributed by atoms with E-state index in [9.17, 15) is 23.2 Å². The third kappa shape index (κ3) is 4.52. The van der Waals surface area contributed by atoms with Crippen molar-refractivity contribution in [3.05, 3.63) is 86.8 Å². The first-order valence-corrected chi connectivity index (χ1v) is 8.68. The van der Waals surface area contributed by atoms with E-state index in [0.29, 0.717) is 10.7 Å². The monoisotopic (exact) mass is 421 g/mol. The molecule has 0 spiro atoms. The number of aromatic amines is 1. The maximum absolute atomic E-state index is 14.1. The first-order chi connectivity index (χ1) is 13.8. The van der Waals surface area contributed by atoms with Gasteiger partial charge in [-0.2, -0.15) is 0 Å². The summed E-state index contributed by atoms with van der Waals surface area (Å²) in [5.41, 5.74) is -0.954. The number of carboxylic acid groups (broad SMARTS) is 1. The molecule has 3 aromatic rings. The molecule has 150 valence electrons. The second-order valence-electron chi connectivity index (χ2n) is 6.08. The molecule has 29 heavy (non-hydrogen) atoms. The van der Waals surface area contributed by atoms with Crippen LogP contribution in [0, 0.1) is 11.6 Å². The molecular weight excluding hydrogens is 408 g/mol. The van der Waals surface area contributed by atoms with Gasteiger partial charge in [0.05, 0.1) is 18.2 Å². The van der Waals surface area contributed by atoms with Crippen LogP contribution in [0.4, 0.5) is 8.78 Å². The van der Waals surface area contributed by atoms with E-state index in [1.807, 2.05) is 0 Å². The standard InChI is InChI=1S/C19H14ClF2N3O4/c20-10-4-6-11(7-5-10)25-16(26)8-15(24-25)19(29)23-14(9-17(27)28)18-12(21)2-1-3-13(18)22/h1-8,14,24H,9H2,(H,23,29)(H,27,28)/t14-/m0/s1. The molecule has 10 heteroatoms. The number of rotatable bonds is 6. The fraction of sp³-hybridized carbons (Fsp3) is 0.105. The Kier molecular flexibility index (Phi) is 5.79. The first-order valence-electron chi connectivity index (χ1n) is 8.31. The van der Waals surface area contributed by atoms with Crippen LogP contribution in [0.15, 0.2) is 53.3 Å². The van der Waals surface area contributed by atoms with Gasteiger partial charge in [0, 0.05) is 16.7 Å². The molecule has 3 N–H and O–H groups in total. The fourth-order valence-electron chi connectivity index (χ4n) is 2.77. The van der Waals surface area contributed by atoms with Crippen LogP contribution in [-0.4, -0.2) is 26.8 Å². The number of halogens is 3. The Morgan fingerprint density at radius 3 is 2.34 bits per heavy atom. The van der Waals surface area contributed by atoms with Gasteiger partial charge >= 0.3 is 5.97 Å². The average molecular weight is 422 g/mol. The van der Waals surface area contributed by atoms with E-state index in [0.717, 1.165) is 28.9 Å². The molecule has 3 rings (SSSR count). The lowest BCUT2D eigenvalue weighted by Gasteiger charge is -2.18. The number of H-pyrrole nitrogens is 1. The van der Waals surface area contributed by atoms with E-state index in [-0.39, 0.29) is 5.69 Å². The summed E-state index contributed by atoms with van der Waals surface area (Å²) in [7, 11) is 0. The first kappa shape index (κ1) is 20.3. The van der Waals surface area contributed by atoms with Crippen molar-refractivity contribution in [2.24, 2.45) is 0 Å². The average Bonchev–Trinajstić information content (AvgIpc) is 3.03. The van der Waals surface area contributed by atoms with Gasteiger partial charge in [-0.3, -0.25) is 19.5 Å². The molecule has 0 radical (unpaired) electrons. The quantitative estimate of drug-likeness (QED) is 0.569. The van der Waals surface area contributed by atoms with Crippen molar-refractivity contribution in [3.8, 4) is 5.69 Å². The van der Waals surface area contributed by atoms with Crippen molar-refractivity contribution in [2.45, 2.75) is 12.5 Å². The lowest BCUT2D eigenvalue weighted by Crippen LogP contribution is -2.31. The Balaban J connectivity index is 1.91. The largest absolute Gasteiger partial charge is 0.481 e. The lowest BCUT2D eigenvalue weighted by molar-refractivity contribution is -0.137. The number of benzene rings is 2. The maximum Gasteiger partial charge on any atom is 0.305 e. The predicted octanol–water partition coefficient (Wildman–Crippen LogP) is 3.04. The highest BCUT2D eigenvalue weighted by Gasteiger charge is 2.26. The maximum atomic E-state index is 14.1. The van der Waals surface area contributed by atoms with Gasteiger partial charge in [0.1, 0.15) is 17.3 Å². The molecule has 0 fully saturated rings. The third-order valence-corrected chi connectivity index (χ3v) is 4.33. The fourth-order valence-corrected chi connectivity index (χ4v) is 2.90. The molecule has 0 aliphatic carbocycles. The minimum atomic E-state index is -1.48. The summed E-state index contributed by atoms with van der Waals surface area (Å²) in [6.07, 6.45) is -0.758. The Bertz CT molecular complexity index is 1100. The van der Waals surface area contributed by atoms with Crippen molar-refractivity contribution < 1.29 is 23.5 Å². The SMILES string of the molecule is O=C(O)C[C@H](NC(=O)c1cc(=O)n(-c2ccc(Cl)cc2)[nH]1)c1c(F)cccc1F. The number of nitrogens with one attached hydrogen (secondary N) is 2. The number of carbonyl (C=O) groups is 2. The summed E-state index contributed by atoms with van der Waals surface area (Å²) in [5.74, 6) is -4.26. The van der Waals surface area contributed by atoms with E-state index in [1.165, 1.54) is 0 Å². The number of hydrogen-bond acceptors (Lipinski definition) is 3. The number of nitrogens with zero attached hydrogens (tertiary/aromatic N) is 1. The van der Waals surface area contributed by atoms with Gasteiger partial charge < -0.3 is 10.4 Å². The molecular formula is C19H14ClF2N3O4. The van der Waals surface area contributed by atoms with E-state index in [2.05, 4.69) is 10.4 Å². The summed E-state index contributed by atoms with van der Waals surface area (Å²) in [4.78, 5) is 35.8.